The maximum Gasteiger partial charge on any atom is 0.416 e. The minimum atomic E-state index is -4.37. The summed E-state index contributed by atoms with van der Waals surface area (Å²) in [6, 6.07) is 19.4. The third kappa shape index (κ3) is 9.10. The Balaban J connectivity index is 1.30. The van der Waals surface area contributed by atoms with E-state index in [1.165, 1.54) is 17.0 Å². The quantitative estimate of drug-likeness (QED) is 0.149. The van der Waals surface area contributed by atoms with Crippen molar-refractivity contribution in [2.24, 2.45) is 0 Å². The first-order chi connectivity index (χ1) is 16.4. The van der Waals surface area contributed by atoms with E-state index in [1.807, 2.05) is 30.3 Å². The fourth-order valence-corrected chi connectivity index (χ4v) is 3.78. The molecule has 0 heterocycles. The highest BCUT2D eigenvalue weighted by Crippen LogP contribution is 2.34. The molecule has 0 atom stereocenters. The summed E-state index contributed by atoms with van der Waals surface area (Å²) in [5.74, 6) is 2.13. The Morgan fingerprint density at radius 2 is 1.47 bits per heavy atom. The van der Waals surface area contributed by atoms with Gasteiger partial charge >= 0.3 is 6.18 Å². The molecule has 3 aromatic carbocycles. The SMILES string of the molecule is FC(F)(F)c1ccc(Oc2ccccc2OCCCNCCNCSc2ccc(Cl)cc2)cc1. The summed E-state index contributed by atoms with van der Waals surface area (Å²) < 4.78 is 49.7. The van der Waals surface area contributed by atoms with Gasteiger partial charge in [0.1, 0.15) is 5.75 Å². The van der Waals surface area contributed by atoms with Gasteiger partial charge in [-0.3, -0.25) is 0 Å². The number of hydrogen-bond acceptors (Lipinski definition) is 5. The van der Waals surface area contributed by atoms with Gasteiger partial charge in [-0.05, 0) is 73.6 Å². The molecule has 0 fully saturated rings. The lowest BCUT2D eigenvalue weighted by atomic mass is 10.2. The third-order valence-electron chi connectivity index (χ3n) is 4.65. The van der Waals surface area contributed by atoms with Gasteiger partial charge in [0.05, 0.1) is 12.2 Å². The average molecular weight is 511 g/mol. The van der Waals surface area contributed by atoms with E-state index in [2.05, 4.69) is 10.6 Å². The minimum Gasteiger partial charge on any atom is -0.490 e. The van der Waals surface area contributed by atoms with Crippen LogP contribution in [0.15, 0.2) is 77.7 Å². The van der Waals surface area contributed by atoms with Crippen molar-refractivity contribution in [2.75, 3.05) is 32.1 Å². The lowest BCUT2D eigenvalue weighted by Crippen LogP contribution is -2.28. The van der Waals surface area contributed by atoms with E-state index in [0.717, 1.165) is 49.1 Å². The minimum absolute atomic E-state index is 0.312. The number of alkyl halides is 3. The Kier molecular flexibility index (Phi) is 10.4. The van der Waals surface area contributed by atoms with Crippen molar-refractivity contribution < 1.29 is 22.6 Å². The van der Waals surface area contributed by atoms with Crippen LogP contribution in [0.2, 0.25) is 5.02 Å². The van der Waals surface area contributed by atoms with Gasteiger partial charge in [0.2, 0.25) is 0 Å². The van der Waals surface area contributed by atoms with E-state index < -0.39 is 11.7 Å². The molecule has 0 aliphatic rings. The first-order valence-corrected chi connectivity index (χ1v) is 12.1. The number of rotatable bonds is 13. The van der Waals surface area contributed by atoms with Crippen LogP contribution in [-0.2, 0) is 6.18 Å². The molecule has 9 heteroatoms. The van der Waals surface area contributed by atoms with Gasteiger partial charge < -0.3 is 20.1 Å². The maximum atomic E-state index is 12.7. The third-order valence-corrected chi connectivity index (χ3v) is 5.85. The zero-order chi connectivity index (χ0) is 24.2. The van der Waals surface area contributed by atoms with Crippen LogP contribution >= 0.6 is 23.4 Å². The Morgan fingerprint density at radius 3 is 2.18 bits per heavy atom. The van der Waals surface area contributed by atoms with Gasteiger partial charge in [-0.15, -0.1) is 11.8 Å². The second-order valence-corrected chi connectivity index (χ2v) is 8.75. The molecule has 0 amide bonds. The molecule has 3 aromatic rings. The topological polar surface area (TPSA) is 42.5 Å². The zero-order valence-electron chi connectivity index (χ0n) is 18.4. The van der Waals surface area contributed by atoms with Gasteiger partial charge in [0.25, 0.3) is 0 Å². The molecular weight excluding hydrogens is 485 g/mol. The van der Waals surface area contributed by atoms with Gasteiger partial charge in [-0.25, -0.2) is 0 Å². The fourth-order valence-electron chi connectivity index (χ4n) is 2.91. The summed E-state index contributed by atoms with van der Waals surface area (Å²) >= 11 is 7.60. The highest BCUT2D eigenvalue weighted by molar-refractivity contribution is 7.99. The second-order valence-electron chi connectivity index (χ2n) is 7.27. The van der Waals surface area contributed by atoms with Crippen molar-refractivity contribution in [1.29, 1.82) is 0 Å². The van der Waals surface area contributed by atoms with Crippen molar-refractivity contribution in [3.63, 3.8) is 0 Å². The summed E-state index contributed by atoms with van der Waals surface area (Å²) in [6.07, 6.45) is -3.58. The number of ether oxygens (including phenoxy) is 2. The molecule has 4 nitrogen and oxygen atoms in total. The van der Waals surface area contributed by atoms with Crippen LogP contribution in [0.3, 0.4) is 0 Å². The lowest BCUT2D eigenvalue weighted by molar-refractivity contribution is -0.137. The molecule has 0 bridgehead atoms. The Morgan fingerprint density at radius 1 is 0.794 bits per heavy atom. The van der Waals surface area contributed by atoms with Crippen LogP contribution in [0.1, 0.15) is 12.0 Å². The molecule has 2 N–H and O–H groups in total. The normalized spacial score (nSPS) is 11.4. The largest absolute Gasteiger partial charge is 0.490 e. The van der Waals surface area contributed by atoms with Gasteiger partial charge in [-0.1, -0.05) is 23.7 Å². The Hall–Kier alpha value is -2.39. The molecule has 0 aliphatic heterocycles. The molecule has 0 aliphatic carbocycles. The van der Waals surface area contributed by atoms with Gasteiger partial charge in [0.15, 0.2) is 11.5 Å². The predicted octanol–water partition coefficient (Wildman–Crippen LogP) is 6.85. The Bertz CT molecular complexity index is 1000. The highest BCUT2D eigenvalue weighted by Gasteiger charge is 2.30. The first-order valence-electron chi connectivity index (χ1n) is 10.8. The van der Waals surface area contributed by atoms with Crippen molar-refractivity contribution in [1.82, 2.24) is 10.6 Å². The van der Waals surface area contributed by atoms with Crippen molar-refractivity contribution >= 4 is 23.4 Å². The van der Waals surface area contributed by atoms with E-state index in [9.17, 15) is 13.2 Å². The molecule has 0 saturated carbocycles. The molecule has 3 rings (SSSR count). The number of nitrogens with one attached hydrogen (secondary N) is 2. The number of benzene rings is 3. The summed E-state index contributed by atoms with van der Waals surface area (Å²) in [5.41, 5.74) is -0.715. The van der Waals surface area contributed by atoms with Crippen LogP contribution in [0, 0.1) is 0 Å². The second kappa shape index (κ2) is 13.5. The summed E-state index contributed by atoms with van der Waals surface area (Å²) in [7, 11) is 0. The molecule has 0 unspecified atom stereocenters. The molecule has 0 radical (unpaired) electrons. The fraction of sp³-hybridized carbons (Fsp3) is 0.280. The number of halogens is 4. The standard InChI is InChI=1S/C25H26ClF3N2O2S/c26-20-8-12-22(13-9-20)34-18-31-16-15-30-14-3-17-32-23-4-1-2-5-24(23)33-21-10-6-19(7-11-21)25(27,28)29/h1-2,4-13,30-31H,3,14-18H2. The van der Waals surface area contributed by atoms with Gasteiger partial charge in [-0.2, -0.15) is 13.2 Å². The molecular formula is C25H26ClF3N2O2S. The van der Waals surface area contributed by atoms with E-state index in [0.29, 0.717) is 23.9 Å². The maximum absolute atomic E-state index is 12.7. The van der Waals surface area contributed by atoms with E-state index in [-0.39, 0.29) is 0 Å². The van der Waals surface area contributed by atoms with Crippen molar-refractivity contribution in [2.45, 2.75) is 17.5 Å². The Labute approximate surface area is 206 Å². The zero-order valence-corrected chi connectivity index (χ0v) is 20.0. The highest BCUT2D eigenvalue weighted by atomic mass is 35.5. The van der Waals surface area contributed by atoms with Crippen molar-refractivity contribution in [3.8, 4) is 17.2 Å². The predicted molar refractivity (Wildman–Crippen MR) is 131 cm³/mol. The smallest absolute Gasteiger partial charge is 0.416 e. The molecule has 182 valence electrons. The van der Waals surface area contributed by atoms with Crippen LogP contribution in [0.25, 0.3) is 0 Å². The summed E-state index contributed by atoms with van der Waals surface area (Å²) in [4.78, 5) is 1.17. The first kappa shape index (κ1) is 26.2. The van der Waals surface area contributed by atoms with Gasteiger partial charge in [0, 0.05) is 28.9 Å². The van der Waals surface area contributed by atoms with E-state index in [1.54, 1.807) is 30.0 Å². The van der Waals surface area contributed by atoms with E-state index in [4.69, 9.17) is 21.1 Å². The van der Waals surface area contributed by atoms with Crippen LogP contribution in [0.5, 0.6) is 17.2 Å². The lowest BCUT2D eigenvalue weighted by Gasteiger charge is -2.13. The van der Waals surface area contributed by atoms with Crippen LogP contribution < -0.4 is 20.1 Å². The molecule has 34 heavy (non-hydrogen) atoms. The van der Waals surface area contributed by atoms with Crippen molar-refractivity contribution in [3.05, 3.63) is 83.4 Å². The number of para-hydroxylation sites is 2. The average Bonchev–Trinajstić information content (AvgIpc) is 2.82. The number of thioether (sulfide) groups is 1. The summed E-state index contributed by atoms with van der Waals surface area (Å²) in [6.45, 7) is 2.98. The monoisotopic (exact) mass is 510 g/mol. The molecule has 0 aromatic heterocycles. The van der Waals surface area contributed by atoms with Crippen LogP contribution in [-0.4, -0.2) is 32.1 Å². The van der Waals surface area contributed by atoms with Crippen LogP contribution in [0.4, 0.5) is 13.2 Å². The molecule has 0 saturated heterocycles. The summed E-state index contributed by atoms with van der Waals surface area (Å²) in [5, 5.41) is 7.46. The molecule has 0 spiro atoms. The number of hydrogen-bond donors (Lipinski definition) is 2. The van der Waals surface area contributed by atoms with E-state index >= 15 is 0 Å².